The molecule has 0 saturated heterocycles. The third-order valence-corrected chi connectivity index (χ3v) is 2.11. The van der Waals surface area contributed by atoms with Crippen molar-refractivity contribution < 1.29 is 4.79 Å². The van der Waals surface area contributed by atoms with E-state index in [-0.39, 0.29) is 11.9 Å². The Morgan fingerprint density at radius 2 is 2.57 bits per heavy atom. The monoisotopic (exact) mass is 215 g/mol. The Morgan fingerprint density at radius 3 is 3.14 bits per heavy atom. The van der Waals surface area contributed by atoms with Gasteiger partial charge in [-0.15, -0.1) is 11.6 Å². The average molecular weight is 216 g/mol. The highest BCUT2D eigenvalue weighted by molar-refractivity contribution is 6.17. The number of rotatable bonds is 5. The van der Waals surface area contributed by atoms with Gasteiger partial charge in [0, 0.05) is 24.7 Å². The molecule has 14 heavy (non-hydrogen) atoms. The number of nitrogens with one attached hydrogen (secondary N) is 2. The molecule has 0 radical (unpaired) electrons. The molecule has 0 spiro atoms. The van der Waals surface area contributed by atoms with Crippen LogP contribution in [0.5, 0.6) is 0 Å². The van der Waals surface area contributed by atoms with Crippen LogP contribution in [0, 0.1) is 0 Å². The highest BCUT2D eigenvalue weighted by atomic mass is 35.5. The van der Waals surface area contributed by atoms with Crippen LogP contribution in [0.25, 0.3) is 0 Å². The van der Waals surface area contributed by atoms with Gasteiger partial charge in [0.15, 0.2) is 0 Å². The minimum Gasteiger partial charge on any atom is -0.347 e. The predicted molar refractivity (Wildman–Crippen MR) is 55.1 cm³/mol. The quantitative estimate of drug-likeness (QED) is 0.734. The highest BCUT2D eigenvalue weighted by Crippen LogP contribution is 2.05. The van der Waals surface area contributed by atoms with E-state index < -0.39 is 0 Å². The van der Waals surface area contributed by atoms with Crippen LogP contribution in [0.4, 0.5) is 0 Å². The van der Waals surface area contributed by atoms with E-state index >= 15 is 0 Å². The van der Waals surface area contributed by atoms with Crippen molar-refractivity contribution in [3.05, 3.63) is 18.2 Å². The Labute approximate surface area is 88.1 Å². The summed E-state index contributed by atoms with van der Waals surface area (Å²) >= 11 is 5.48. The van der Waals surface area contributed by atoms with Gasteiger partial charge in [-0.2, -0.15) is 0 Å². The molecule has 0 bridgehead atoms. The fraction of sp³-hybridized carbons (Fsp3) is 0.556. The van der Waals surface area contributed by atoms with Gasteiger partial charge >= 0.3 is 0 Å². The molecule has 1 aromatic heterocycles. The minimum absolute atomic E-state index is 0.00884. The maximum Gasteiger partial charge on any atom is 0.220 e. The van der Waals surface area contributed by atoms with Gasteiger partial charge in [-0.3, -0.25) is 4.79 Å². The molecular weight excluding hydrogens is 202 g/mol. The molecule has 0 aromatic carbocycles. The van der Waals surface area contributed by atoms with Crippen LogP contribution >= 0.6 is 11.6 Å². The highest BCUT2D eigenvalue weighted by Gasteiger charge is 2.10. The number of alkyl halides is 1. The van der Waals surface area contributed by atoms with Crippen molar-refractivity contribution in [1.29, 1.82) is 0 Å². The van der Waals surface area contributed by atoms with Crippen molar-refractivity contribution in [2.24, 2.45) is 0 Å². The van der Waals surface area contributed by atoms with E-state index in [1.807, 2.05) is 6.92 Å². The summed E-state index contributed by atoms with van der Waals surface area (Å²) in [7, 11) is 0. The van der Waals surface area contributed by atoms with Crippen LogP contribution in [0.1, 0.15) is 31.6 Å². The molecule has 5 heteroatoms. The number of hydrogen-bond acceptors (Lipinski definition) is 2. The molecule has 1 aromatic rings. The van der Waals surface area contributed by atoms with Gasteiger partial charge in [-0.1, -0.05) is 0 Å². The van der Waals surface area contributed by atoms with Crippen molar-refractivity contribution >= 4 is 17.5 Å². The molecule has 1 heterocycles. The maximum absolute atomic E-state index is 11.3. The third kappa shape index (κ3) is 3.38. The summed E-state index contributed by atoms with van der Waals surface area (Å²) < 4.78 is 0. The Balaban J connectivity index is 2.33. The molecular formula is C9H14ClN3O. The van der Waals surface area contributed by atoms with Crippen LogP contribution < -0.4 is 5.32 Å². The first-order valence-electron chi connectivity index (χ1n) is 4.58. The first kappa shape index (κ1) is 11.0. The molecule has 78 valence electrons. The van der Waals surface area contributed by atoms with Gasteiger partial charge in [0.2, 0.25) is 5.91 Å². The van der Waals surface area contributed by atoms with E-state index in [0.717, 1.165) is 5.82 Å². The number of H-pyrrole nitrogens is 1. The lowest BCUT2D eigenvalue weighted by molar-refractivity contribution is -0.121. The van der Waals surface area contributed by atoms with Crippen molar-refractivity contribution in [2.45, 2.75) is 25.8 Å². The summed E-state index contributed by atoms with van der Waals surface area (Å²) in [4.78, 5) is 18.3. The van der Waals surface area contributed by atoms with Crippen LogP contribution in [0.15, 0.2) is 12.4 Å². The summed E-state index contributed by atoms with van der Waals surface area (Å²) in [5, 5.41) is 2.83. The molecule has 0 aliphatic carbocycles. The van der Waals surface area contributed by atoms with Gasteiger partial charge in [-0.25, -0.2) is 4.98 Å². The molecule has 2 N–H and O–H groups in total. The summed E-state index contributed by atoms with van der Waals surface area (Å²) in [5.41, 5.74) is 0. The average Bonchev–Trinajstić information content (AvgIpc) is 2.67. The molecule has 1 atom stereocenters. The second-order valence-corrected chi connectivity index (χ2v) is 3.43. The van der Waals surface area contributed by atoms with Gasteiger partial charge in [0.05, 0.1) is 6.04 Å². The normalized spacial score (nSPS) is 12.4. The lowest BCUT2D eigenvalue weighted by Crippen LogP contribution is -2.27. The van der Waals surface area contributed by atoms with Crippen LogP contribution in [-0.2, 0) is 4.79 Å². The SMILES string of the molecule is CC(NC(=O)CCCCl)c1ncc[nH]1. The van der Waals surface area contributed by atoms with Crippen molar-refractivity contribution in [3.8, 4) is 0 Å². The van der Waals surface area contributed by atoms with Crippen molar-refractivity contribution in [3.63, 3.8) is 0 Å². The molecule has 0 fully saturated rings. The number of imidazole rings is 1. The molecule has 1 unspecified atom stereocenters. The molecule has 0 aliphatic rings. The van der Waals surface area contributed by atoms with E-state index in [2.05, 4.69) is 15.3 Å². The first-order chi connectivity index (χ1) is 6.74. The number of hydrogen-bond donors (Lipinski definition) is 2. The zero-order valence-electron chi connectivity index (χ0n) is 8.09. The lowest BCUT2D eigenvalue weighted by atomic mass is 10.2. The number of aromatic amines is 1. The van der Waals surface area contributed by atoms with Crippen molar-refractivity contribution in [1.82, 2.24) is 15.3 Å². The number of amides is 1. The molecule has 0 saturated carbocycles. The number of carbonyl (C=O) groups is 1. The maximum atomic E-state index is 11.3. The fourth-order valence-corrected chi connectivity index (χ4v) is 1.26. The smallest absolute Gasteiger partial charge is 0.220 e. The number of carbonyl (C=O) groups excluding carboxylic acids is 1. The van der Waals surface area contributed by atoms with Gasteiger partial charge in [0.1, 0.15) is 5.82 Å². The van der Waals surface area contributed by atoms with E-state index in [1.165, 1.54) is 0 Å². The lowest BCUT2D eigenvalue weighted by Gasteiger charge is -2.10. The molecule has 1 rings (SSSR count). The van der Waals surface area contributed by atoms with Gasteiger partial charge < -0.3 is 10.3 Å². The Morgan fingerprint density at radius 1 is 1.79 bits per heavy atom. The topological polar surface area (TPSA) is 57.8 Å². The van der Waals surface area contributed by atoms with Gasteiger partial charge in [0.25, 0.3) is 0 Å². The fourth-order valence-electron chi connectivity index (χ4n) is 1.12. The molecule has 1 amide bonds. The number of aromatic nitrogens is 2. The van der Waals surface area contributed by atoms with E-state index in [9.17, 15) is 4.79 Å². The van der Waals surface area contributed by atoms with E-state index in [1.54, 1.807) is 12.4 Å². The Kier molecular flexibility index (Phi) is 4.46. The predicted octanol–water partition coefficient (Wildman–Crippen LogP) is 1.61. The summed E-state index contributed by atoms with van der Waals surface area (Å²) in [5.74, 6) is 1.29. The van der Waals surface area contributed by atoms with Crippen LogP contribution in [0.2, 0.25) is 0 Å². The summed E-state index contributed by atoms with van der Waals surface area (Å²) in [6.07, 6.45) is 4.57. The standard InChI is InChI=1S/C9H14ClN3O/c1-7(9-11-5-6-12-9)13-8(14)3-2-4-10/h5-7H,2-4H2,1H3,(H,11,12)(H,13,14). The van der Waals surface area contributed by atoms with E-state index in [4.69, 9.17) is 11.6 Å². The number of nitrogens with zero attached hydrogens (tertiary/aromatic N) is 1. The Hall–Kier alpha value is -1.03. The Bertz CT molecular complexity index is 274. The third-order valence-electron chi connectivity index (χ3n) is 1.84. The summed E-state index contributed by atoms with van der Waals surface area (Å²) in [6, 6.07) is -0.0761. The molecule has 0 aliphatic heterocycles. The van der Waals surface area contributed by atoms with E-state index in [0.29, 0.717) is 18.7 Å². The second kappa shape index (κ2) is 5.65. The zero-order chi connectivity index (χ0) is 10.4. The zero-order valence-corrected chi connectivity index (χ0v) is 8.84. The first-order valence-corrected chi connectivity index (χ1v) is 5.12. The minimum atomic E-state index is -0.0761. The largest absolute Gasteiger partial charge is 0.347 e. The number of halogens is 1. The van der Waals surface area contributed by atoms with Gasteiger partial charge in [-0.05, 0) is 13.3 Å². The summed E-state index contributed by atoms with van der Waals surface area (Å²) in [6.45, 7) is 1.89. The molecule has 4 nitrogen and oxygen atoms in total. The van der Waals surface area contributed by atoms with Crippen LogP contribution in [0.3, 0.4) is 0 Å². The van der Waals surface area contributed by atoms with Crippen molar-refractivity contribution in [2.75, 3.05) is 5.88 Å². The van der Waals surface area contributed by atoms with Crippen LogP contribution in [-0.4, -0.2) is 21.8 Å². The second-order valence-electron chi connectivity index (χ2n) is 3.06.